The fourth-order valence-corrected chi connectivity index (χ4v) is 2.09. The highest BCUT2D eigenvalue weighted by molar-refractivity contribution is 5.75. The lowest BCUT2D eigenvalue weighted by Gasteiger charge is -2.12. The Morgan fingerprint density at radius 2 is 2.00 bits per heavy atom. The normalized spacial score (nSPS) is 11.7. The number of benzene rings is 1. The molecule has 1 aromatic carbocycles. The van der Waals surface area contributed by atoms with E-state index in [1.165, 1.54) is 7.11 Å². The Bertz CT molecular complexity index is 617. The van der Waals surface area contributed by atoms with Crippen LogP contribution in [-0.2, 0) is 12.6 Å². The third kappa shape index (κ3) is 2.50. The summed E-state index contributed by atoms with van der Waals surface area (Å²) in [6.07, 6.45) is -3.76. The van der Waals surface area contributed by atoms with Crippen molar-refractivity contribution in [3.05, 3.63) is 35.0 Å². The molecule has 0 bridgehead atoms. The van der Waals surface area contributed by atoms with Gasteiger partial charge in [0.1, 0.15) is 0 Å². The summed E-state index contributed by atoms with van der Waals surface area (Å²) in [6.45, 7) is 3.72. The Morgan fingerprint density at radius 3 is 2.55 bits per heavy atom. The molecular weight excluding hydrogens is 269 g/mol. The van der Waals surface area contributed by atoms with Crippen molar-refractivity contribution in [2.24, 2.45) is 0 Å². The number of rotatable bonds is 3. The number of halogens is 3. The minimum Gasteiger partial charge on any atom is -0.479 e. The average molecular weight is 284 g/mol. The summed E-state index contributed by atoms with van der Waals surface area (Å²) in [5, 5.41) is 5.64. The van der Waals surface area contributed by atoms with Crippen molar-refractivity contribution in [3.63, 3.8) is 0 Å². The zero-order valence-electron chi connectivity index (χ0n) is 11.4. The van der Waals surface area contributed by atoms with Gasteiger partial charge in [-0.1, -0.05) is 25.1 Å². The highest BCUT2D eigenvalue weighted by Crippen LogP contribution is 2.41. The van der Waals surface area contributed by atoms with Crippen molar-refractivity contribution in [1.82, 2.24) is 10.2 Å². The molecule has 0 radical (unpaired) electrons. The van der Waals surface area contributed by atoms with Crippen LogP contribution in [0.15, 0.2) is 18.2 Å². The van der Waals surface area contributed by atoms with E-state index in [9.17, 15) is 13.2 Å². The molecule has 1 heterocycles. The number of ether oxygens (including phenoxy) is 1. The van der Waals surface area contributed by atoms with Crippen LogP contribution in [0, 0.1) is 6.92 Å². The molecule has 0 aliphatic heterocycles. The second-order valence-electron chi connectivity index (χ2n) is 4.48. The molecule has 108 valence electrons. The van der Waals surface area contributed by atoms with Gasteiger partial charge in [-0.3, -0.25) is 5.10 Å². The molecule has 1 N–H and O–H groups in total. The summed E-state index contributed by atoms with van der Waals surface area (Å²) in [7, 11) is 1.30. The van der Waals surface area contributed by atoms with Crippen LogP contribution in [0.4, 0.5) is 13.2 Å². The van der Waals surface area contributed by atoms with E-state index in [1.54, 1.807) is 19.1 Å². The van der Waals surface area contributed by atoms with Gasteiger partial charge in [0.15, 0.2) is 5.69 Å². The Labute approximate surface area is 114 Å². The molecule has 2 aromatic rings. The maximum absolute atomic E-state index is 13.1. The van der Waals surface area contributed by atoms with E-state index in [1.807, 2.05) is 18.1 Å². The van der Waals surface area contributed by atoms with Crippen LogP contribution in [0.5, 0.6) is 5.88 Å². The average Bonchev–Trinajstić information content (AvgIpc) is 2.83. The minimum atomic E-state index is -4.51. The fraction of sp³-hybridized carbons (Fsp3) is 0.357. The van der Waals surface area contributed by atoms with E-state index < -0.39 is 11.9 Å². The van der Waals surface area contributed by atoms with Gasteiger partial charge in [-0.05, 0) is 30.0 Å². The van der Waals surface area contributed by atoms with Crippen molar-refractivity contribution in [2.45, 2.75) is 26.4 Å². The van der Waals surface area contributed by atoms with Gasteiger partial charge in [0.25, 0.3) is 0 Å². The maximum Gasteiger partial charge on any atom is 0.433 e. The first kappa shape index (κ1) is 14.4. The molecule has 6 heteroatoms. The van der Waals surface area contributed by atoms with Gasteiger partial charge >= 0.3 is 6.18 Å². The lowest BCUT2D eigenvalue weighted by atomic mass is 9.97. The van der Waals surface area contributed by atoms with Gasteiger partial charge in [-0.15, -0.1) is 5.10 Å². The van der Waals surface area contributed by atoms with Crippen LogP contribution in [0.1, 0.15) is 23.7 Å². The predicted molar refractivity (Wildman–Crippen MR) is 69.7 cm³/mol. The second kappa shape index (κ2) is 5.19. The Balaban J connectivity index is 2.71. The smallest absolute Gasteiger partial charge is 0.433 e. The molecule has 0 saturated carbocycles. The molecule has 1 aromatic heterocycles. The molecule has 0 aliphatic rings. The van der Waals surface area contributed by atoms with Crippen molar-refractivity contribution in [2.75, 3.05) is 7.11 Å². The monoisotopic (exact) mass is 284 g/mol. The van der Waals surface area contributed by atoms with Gasteiger partial charge in [0.05, 0.1) is 12.7 Å². The van der Waals surface area contributed by atoms with Crippen molar-refractivity contribution < 1.29 is 17.9 Å². The second-order valence-corrected chi connectivity index (χ2v) is 4.48. The van der Waals surface area contributed by atoms with E-state index in [-0.39, 0.29) is 11.4 Å². The van der Waals surface area contributed by atoms with E-state index in [0.29, 0.717) is 5.56 Å². The van der Waals surface area contributed by atoms with Crippen LogP contribution < -0.4 is 4.74 Å². The number of nitrogens with one attached hydrogen (secondary N) is 1. The summed E-state index contributed by atoms with van der Waals surface area (Å²) < 4.78 is 44.2. The van der Waals surface area contributed by atoms with Crippen LogP contribution in [-0.4, -0.2) is 17.3 Å². The number of alkyl halides is 3. The quantitative estimate of drug-likeness (QED) is 0.926. The molecule has 0 spiro atoms. The van der Waals surface area contributed by atoms with Crippen molar-refractivity contribution >= 4 is 0 Å². The minimum absolute atomic E-state index is 0.0344. The van der Waals surface area contributed by atoms with E-state index in [4.69, 9.17) is 4.74 Å². The number of nitrogens with zero attached hydrogens (tertiary/aromatic N) is 1. The predicted octanol–water partition coefficient (Wildman–Crippen LogP) is 3.97. The summed E-state index contributed by atoms with van der Waals surface area (Å²) in [5.74, 6) is -0.0475. The molecule has 20 heavy (non-hydrogen) atoms. The third-order valence-electron chi connectivity index (χ3n) is 3.19. The number of hydrogen-bond acceptors (Lipinski definition) is 2. The first-order valence-electron chi connectivity index (χ1n) is 6.18. The number of H-pyrrole nitrogens is 1. The zero-order valence-corrected chi connectivity index (χ0v) is 11.4. The molecule has 2 rings (SSSR count). The first-order valence-corrected chi connectivity index (χ1v) is 6.18. The highest BCUT2D eigenvalue weighted by atomic mass is 19.4. The lowest BCUT2D eigenvalue weighted by molar-refractivity contribution is -0.140. The SMILES string of the molecule is CCc1ccc(C)c(-c2c(OC)n[nH]c2C(F)(F)F)c1. The van der Waals surface area contributed by atoms with Crippen LogP contribution in [0.3, 0.4) is 0 Å². The van der Waals surface area contributed by atoms with E-state index in [2.05, 4.69) is 5.10 Å². The molecule has 0 atom stereocenters. The Kier molecular flexibility index (Phi) is 3.74. The number of methoxy groups -OCH3 is 1. The van der Waals surface area contributed by atoms with Crippen LogP contribution in [0.25, 0.3) is 11.1 Å². The number of hydrogen-bond donors (Lipinski definition) is 1. The van der Waals surface area contributed by atoms with Gasteiger partial charge in [0, 0.05) is 0 Å². The van der Waals surface area contributed by atoms with Gasteiger partial charge in [0.2, 0.25) is 5.88 Å². The summed E-state index contributed by atoms with van der Waals surface area (Å²) >= 11 is 0. The van der Waals surface area contributed by atoms with Crippen molar-refractivity contribution in [1.29, 1.82) is 0 Å². The highest BCUT2D eigenvalue weighted by Gasteiger charge is 2.38. The van der Waals surface area contributed by atoms with Gasteiger partial charge in [-0.2, -0.15) is 13.2 Å². The first-order chi connectivity index (χ1) is 9.38. The summed E-state index contributed by atoms with van der Waals surface area (Å²) in [5.41, 5.74) is 1.27. The van der Waals surface area contributed by atoms with E-state index in [0.717, 1.165) is 17.5 Å². The van der Waals surface area contributed by atoms with Crippen molar-refractivity contribution in [3.8, 4) is 17.0 Å². The Hall–Kier alpha value is -1.98. The molecule has 0 fully saturated rings. The maximum atomic E-state index is 13.1. The number of aryl methyl sites for hydroxylation is 2. The zero-order chi connectivity index (χ0) is 14.9. The third-order valence-corrected chi connectivity index (χ3v) is 3.19. The molecular formula is C14H15F3N2O. The molecule has 3 nitrogen and oxygen atoms in total. The number of aromatic nitrogens is 2. The summed E-state index contributed by atoms with van der Waals surface area (Å²) in [6, 6.07) is 5.46. The standard InChI is InChI=1S/C14H15F3N2O/c1-4-9-6-5-8(2)10(7-9)11-12(14(15,16)17)18-19-13(11)20-3/h5-7H,4H2,1-3H3,(H,18,19). The summed E-state index contributed by atoms with van der Waals surface area (Å²) in [4.78, 5) is 0. The molecule has 0 amide bonds. The molecule has 0 unspecified atom stereocenters. The van der Waals surface area contributed by atoms with Gasteiger partial charge in [-0.25, -0.2) is 0 Å². The fourth-order valence-electron chi connectivity index (χ4n) is 2.09. The topological polar surface area (TPSA) is 37.9 Å². The largest absolute Gasteiger partial charge is 0.479 e. The molecule has 0 saturated heterocycles. The van der Waals surface area contributed by atoms with Crippen LogP contribution in [0.2, 0.25) is 0 Å². The molecule has 0 aliphatic carbocycles. The van der Waals surface area contributed by atoms with Crippen LogP contribution >= 0.6 is 0 Å². The Morgan fingerprint density at radius 1 is 1.30 bits per heavy atom. The lowest BCUT2D eigenvalue weighted by Crippen LogP contribution is -2.08. The number of aromatic amines is 1. The van der Waals surface area contributed by atoms with E-state index >= 15 is 0 Å². The van der Waals surface area contributed by atoms with Gasteiger partial charge < -0.3 is 4.74 Å².